The number of hydrogen-bond acceptors (Lipinski definition) is 5. The summed E-state index contributed by atoms with van der Waals surface area (Å²) in [6, 6.07) is 11.9. The first-order valence-corrected chi connectivity index (χ1v) is 13.1. The van der Waals surface area contributed by atoms with E-state index in [1.165, 1.54) is 30.4 Å². The van der Waals surface area contributed by atoms with Gasteiger partial charge in [0.2, 0.25) is 0 Å². The predicted octanol–water partition coefficient (Wildman–Crippen LogP) is 4.63. The van der Waals surface area contributed by atoms with Crippen LogP contribution in [0.2, 0.25) is 0 Å². The number of aliphatic carboxylic acids is 1. The third kappa shape index (κ3) is 5.78. The molecular formula is C28H37N3O3. The molecule has 3 aliphatic rings. The summed E-state index contributed by atoms with van der Waals surface area (Å²) in [5.74, 6) is 1.05. The van der Waals surface area contributed by atoms with E-state index in [1.807, 2.05) is 18.2 Å². The molecule has 2 aliphatic heterocycles. The number of ether oxygens (including phenoxy) is 1. The molecular weight excluding hydrogens is 426 g/mol. The monoisotopic (exact) mass is 463 g/mol. The van der Waals surface area contributed by atoms with E-state index >= 15 is 0 Å². The standard InChI is InChI=1S/C28H37N3O3/c32-28(33)26(25-9-2-1-6-22(25)18-20-10-11-20)31-16-14-24(19-31)34-17-4-3-8-23-13-12-21-7-5-15-29-27(21)30-23/h1-2,6,9,12-13,20,24,26H,3-5,7-8,10-11,14-19H2,(H,29,30)(H,32,33)/t24-,26?/m1/s1. The van der Waals surface area contributed by atoms with Gasteiger partial charge in [-0.15, -0.1) is 0 Å². The van der Waals surface area contributed by atoms with Gasteiger partial charge in [-0.2, -0.15) is 0 Å². The Hall–Kier alpha value is -2.44. The molecule has 2 N–H and O–H groups in total. The topological polar surface area (TPSA) is 74.7 Å². The van der Waals surface area contributed by atoms with Crippen molar-refractivity contribution in [1.82, 2.24) is 9.88 Å². The highest BCUT2D eigenvalue weighted by Crippen LogP contribution is 2.36. The molecule has 34 heavy (non-hydrogen) atoms. The Morgan fingerprint density at radius 2 is 2.06 bits per heavy atom. The smallest absolute Gasteiger partial charge is 0.325 e. The fraction of sp³-hybridized carbons (Fsp3) is 0.571. The second kappa shape index (κ2) is 10.9. The van der Waals surface area contributed by atoms with Crippen LogP contribution in [0, 0.1) is 5.92 Å². The van der Waals surface area contributed by atoms with Crippen LogP contribution in [0.4, 0.5) is 5.82 Å². The molecule has 2 aromatic rings. The van der Waals surface area contributed by atoms with E-state index in [-0.39, 0.29) is 6.10 Å². The van der Waals surface area contributed by atoms with Crippen LogP contribution in [-0.4, -0.2) is 53.3 Å². The van der Waals surface area contributed by atoms with Gasteiger partial charge in [-0.05, 0) is 86.5 Å². The van der Waals surface area contributed by atoms with Crippen molar-refractivity contribution in [3.8, 4) is 0 Å². The van der Waals surface area contributed by atoms with Crippen molar-refractivity contribution in [1.29, 1.82) is 0 Å². The molecule has 1 aromatic heterocycles. The second-order valence-electron chi connectivity index (χ2n) is 10.2. The van der Waals surface area contributed by atoms with Crippen molar-refractivity contribution in [2.75, 3.05) is 31.6 Å². The number of rotatable bonds is 11. The van der Waals surface area contributed by atoms with Crippen LogP contribution in [0.3, 0.4) is 0 Å². The maximum atomic E-state index is 12.3. The Bertz CT molecular complexity index is 991. The number of carboxylic acid groups (broad SMARTS) is 1. The Morgan fingerprint density at radius 1 is 1.18 bits per heavy atom. The van der Waals surface area contributed by atoms with Crippen molar-refractivity contribution >= 4 is 11.8 Å². The fourth-order valence-electron chi connectivity index (χ4n) is 5.40. The molecule has 1 unspecified atom stereocenters. The highest BCUT2D eigenvalue weighted by molar-refractivity contribution is 5.76. The molecule has 1 saturated carbocycles. The molecule has 3 heterocycles. The first-order chi connectivity index (χ1) is 16.7. The number of nitrogens with one attached hydrogen (secondary N) is 1. The van der Waals surface area contributed by atoms with Crippen LogP contribution in [-0.2, 0) is 28.8 Å². The number of unbranched alkanes of at least 4 members (excludes halogenated alkanes) is 1. The van der Waals surface area contributed by atoms with Gasteiger partial charge in [0.05, 0.1) is 6.10 Å². The number of carbonyl (C=O) groups is 1. The van der Waals surface area contributed by atoms with Gasteiger partial charge in [0.25, 0.3) is 0 Å². The molecule has 0 spiro atoms. The Labute approximate surface area is 202 Å². The van der Waals surface area contributed by atoms with Crippen molar-refractivity contribution in [2.45, 2.75) is 69.9 Å². The molecule has 0 amide bonds. The van der Waals surface area contributed by atoms with Gasteiger partial charge in [0.15, 0.2) is 0 Å². The number of fused-ring (bicyclic) bond motifs is 1. The normalized spacial score (nSPS) is 21.1. The lowest BCUT2D eigenvalue weighted by Crippen LogP contribution is -2.34. The largest absolute Gasteiger partial charge is 0.480 e. The lowest BCUT2D eigenvalue weighted by molar-refractivity contribution is -0.143. The number of likely N-dealkylation sites (tertiary alicyclic amines) is 1. The Morgan fingerprint density at radius 3 is 2.91 bits per heavy atom. The molecule has 1 saturated heterocycles. The molecule has 182 valence electrons. The summed E-state index contributed by atoms with van der Waals surface area (Å²) < 4.78 is 6.16. The number of nitrogens with zero attached hydrogens (tertiary/aromatic N) is 2. The van der Waals surface area contributed by atoms with E-state index in [9.17, 15) is 9.90 Å². The molecule has 1 aromatic carbocycles. The molecule has 1 aliphatic carbocycles. The summed E-state index contributed by atoms with van der Waals surface area (Å²) >= 11 is 0. The zero-order valence-corrected chi connectivity index (χ0v) is 20.0. The van der Waals surface area contributed by atoms with E-state index in [1.54, 1.807) is 0 Å². The first kappa shape index (κ1) is 23.3. The van der Waals surface area contributed by atoms with Crippen LogP contribution in [0.15, 0.2) is 36.4 Å². The number of pyridine rings is 1. The van der Waals surface area contributed by atoms with Crippen LogP contribution in [0.5, 0.6) is 0 Å². The van der Waals surface area contributed by atoms with Gasteiger partial charge in [-0.25, -0.2) is 4.98 Å². The van der Waals surface area contributed by atoms with Gasteiger partial charge >= 0.3 is 5.97 Å². The lowest BCUT2D eigenvalue weighted by atomic mass is 9.95. The number of benzene rings is 1. The van der Waals surface area contributed by atoms with Crippen molar-refractivity contribution in [3.05, 3.63) is 58.8 Å². The number of aromatic nitrogens is 1. The van der Waals surface area contributed by atoms with Crippen LogP contribution in [0.25, 0.3) is 0 Å². The highest BCUT2D eigenvalue weighted by Gasteiger charge is 2.35. The number of hydrogen-bond donors (Lipinski definition) is 2. The van der Waals surface area contributed by atoms with Crippen LogP contribution >= 0.6 is 0 Å². The fourth-order valence-corrected chi connectivity index (χ4v) is 5.40. The van der Waals surface area contributed by atoms with Gasteiger partial charge in [-0.3, -0.25) is 9.69 Å². The Balaban J connectivity index is 1.08. The maximum absolute atomic E-state index is 12.3. The maximum Gasteiger partial charge on any atom is 0.325 e. The van der Waals surface area contributed by atoms with E-state index < -0.39 is 12.0 Å². The second-order valence-corrected chi connectivity index (χ2v) is 10.2. The summed E-state index contributed by atoms with van der Waals surface area (Å²) in [5, 5.41) is 13.5. The average molecular weight is 464 g/mol. The molecule has 0 radical (unpaired) electrons. The third-order valence-corrected chi connectivity index (χ3v) is 7.46. The minimum atomic E-state index is -0.754. The molecule has 2 fully saturated rings. The van der Waals surface area contributed by atoms with Crippen molar-refractivity contribution in [3.63, 3.8) is 0 Å². The molecule has 6 heteroatoms. The summed E-state index contributed by atoms with van der Waals surface area (Å²) in [4.78, 5) is 19.2. The quantitative estimate of drug-likeness (QED) is 0.473. The van der Waals surface area contributed by atoms with Crippen LogP contribution < -0.4 is 5.32 Å². The lowest BCUT2D eigenvalue weighted by Gasteiger charge is -2.26. The van der Waals surface area contributed by atoms with Crippen molar-refractivity contribution in [2.24, 2.45) is 5.92 Å². The minimum absolute atomic E-state index is 0.114. The zero-order chi connectivity index (χ0) is 23.3. The predicted molar refractivity (Wildman–Crippen MR) is 133 cm³/mol. The summed E-state index contributed by atoms with van der Waals surface area (Å²) in [7, 11) is 0. The summed E-state index contributed by atoms with van der Waals surface area (Å²) in [5.41, 5.74) is 4.65. The Kier molecular flexibility index (Phi) is 7.45. The summed E-state index contributed by atoms with van der Waals surface area (Å²) in [6.07, 6.45) is 9.87. The van der Waals surface area contributed by atoms with Gasteiger partial charge in [0, 0.05) is 31.9 Å². The molecule has 6 nitrogen and oxygen atoms in total. The summed E-state index contributed by atoms with van der Waals surface area (Å²) in [6.45, 7) is 3.19. The molecule has 0 bridgehead atoms. The van der Waals surface area contributed by atoms with Gasteiger partial charge in [-0.1, -0.05) is 30.3 Å². The number of carboxylic acids is 1. The SMILES string of the molecule is O=C(O)C(c1ccccc1CC1CC1)N1CC[C@@H](OCCCCc2ccc3c(n2)NCCC3)C1. The van der Waals surface area contributed by atoms with E-state index in [4.69, 9.17) is 9.72 Å². The highest BCUT2D eigenvalue weighted by atomic mass is 16.5. The van der Waals surface area contributed by atoms with Crippen LogP contribution in [0.1, 0.15) is 67.0 Å². The number of anilines is 1. The third-order valence-electron chi connectivity index (χ3n) is 7.46. The van der Waals surface area contributed by atoms with Gasteiger partial charge < -0.3 is 15.2 Å². The van der Waals surface area contributed by atoms with E-state index in [0.29, 0.717) is 6.54 Å². The minimum Gasteiger partial charge on any atom is -0.480 e. The van der Waals surface area contributed by atoms with Gasteiger partial charge in [0.1, 0.15) is 11.9 Å². The number of aryl methyl sites for hydroxylation is 2. The van der Waals surface area contributed by atoms with E-state index in [0.717, 1.165) is 81.2 Å². The zero-order valence-electron chi connectivity index (χ0n) is 20.0. The molecule has 2 atom stereocenters. The van der Waals surface area contributed by atoms with Crippen molar-refractivity contribution < 1.29 is 14.6 Å². The average Bonchev–Trinajstić information content (AvgIpc) is 3.55. The van der Waals surface area contributed by atoms with E-state index in [2.05, 4.69) is 28.4 Å². The molecule has 5 rings (SSSR count). The first-order valence-electron chi connectivity index (χ1n) is 13.1.